The molecule has 0 saturated heterocycles. The summed E-state index contributed by atoms with van der Waals surface area (Å²) in [7, 11) is 0. The van der Waals surface area contributed by atoms with Gasteiger partial charge in [-0.15, -0.1) is 0 Å². The van der Waals surface area contributed by atoms with Crippen molar-refractivity contribution in [2.24, 2.45) is 0 Å². The summed E-state index contributed by atoms with van der Waals surface area (Å²) in [5, 5.41) is 4.69. The van der Waals surface area contributed by atoms with Crippen LogP contribution in [0, 0.1) is 0 Å². The Morgan fingerprint density at radius 3 is 1.42 bits per heavy atom. The van der Waals surface area contributed by atoms with Crippen molar-refractivity contribution in [2.75, 3.05) is 4.90 Å². The van der Waals surface area contributed by atoms with Crippen LogP contribution in [0.1, 0.15) is 0 Å². The summed E-state index contributed by atoms with van der Waals surface area (Å²) in [6.07, 6.45) is 0. The lowest BCUT2D eigenvalue weighted by Crippen LogP contribution is -2.09. The van der Waals surface area contributed by atoms with Crippen LogP contribution in [-0.2, 0) is 0 Å². The molecule has 282 valence electrons. The smallest absolute Gasteiger partial charge is 0.135 e. The second-order valence-electron chi connectivity index (χ2n) is 15.2. The van der Waals surface area contributed by atoms with Gasteiger partial charge in [0.05, 0.1) is 0 Å². The van der Waals surface area contributed by atoms with E-state index in [1.165, 1.54) is 60.8 Å². The monoisotopic (exact) mass is 765 g/mol. The molecule has 0 radical (unpaired) electrons. The molecule has 0 aliphatic rings. The molecule has 1 heterocycles. The minimum atomic E-state index is 0.878. The number of benzene rings is 10. The fraction of sp³-hybridized carbons (Fsp3) is 0. The Labute approximate surface area is 349 Å². The van der Waals surface area contributed by atoms with Crippen LogP contribution in [0.3, 0.4) is 0 Å². The number of hydrogen-bond acceptors (Lipinski definition) is 2. The van der Waals surface area contributed by atoms with Crippen LogP contribution in [0.15, 0.2) is 241 Å². The molecule has 0 fully saturated rings. The zero-order valence-corrected chi connectivity index (χ0v) is 32.9. The summed E-state index contributed by atoms with van der Waals surface area (Å²) in [5.74, 6) is 0. The summed E-state index contributed by atoms with van der Waals surface area (Å²) < 4.78 is 6.27. The summed E-state index contributed by atoms with van der Waals surface area (Å²) in [5.41, 5.74) is 16.9. The Morgan fingerprint density at radius 2 is 0.717 bits per heavy atom. The Bertz CT molecular complexity index is 3290. The van der Waals surface area contributed by atoms with Gasteiger partial charge in [0.25, 0.3) is 0 Å². The predicted octanol–water partition coefficient (Wildman–Crippen LogP) is 16.5. The SMILES string of the molecule is c1ccc(-c2ccccc2-c2c(-c3ccccc3)cccc2-c2ccc(N(c3ccc(-c4cccc5ccccc45)cc3)c3ccc4oc5ccccc5c4c3)cc2)cc1. The first-order valence-corrected chi connectivity index (χ1v) is 20.5. The summed E-state index contributed by atoms with van der Waals surface area (Å²) in [6, 6.07) is 84.9. The molecule has 0 aliphatic carbocycles. The highest BCUT2D eigenvalue weighted by molar-refractivity contribution is 6.07. The highest BCUT2D eigenvalue weighted by atomic mass is 16.3. The molecular weight excluding hydrogens is 727 g/mol. The lowest BCUT2D eigenvalue weighted by molar-refractivity contribution is 0.669. The van der Waals surface area contributed by atoms with E-state index in [1.807, 2.05) is 12.1 Å². The molecule has 1 aromatic heterocycles. The van der Waals surface area contributed by atoms with Crippen molar-refractivity contribution >= 4 is 49.8 Å². The quantitative estimate of drug-likeness (QED) is 0.153. The molecule has 10 aromatic carbocycles. The zero-order valence-electron chi connectivity index (χ0n) is 32.9. The number of rotatable bonds is 8. The topological polar surface area (TPSA) is 16.4 Å². The van der Waals surface area contributed by atoms with Crippen molar-refractivity contribution in [2.45, 2.75) is 0 Å². The number of nitrogens with zero attached hydrogens (tertiary/aromatic N) is 1. The van der Waals surface area contributed by atoms with Crippen LogP contribution in [0.4, 0.5) is 17.1 Å². The molecule has 0 N–H and O–H groups in total. The van der Waals surface area contributed by atoms with Crippen LogP contribution >= 0.6 is 0 Å². The Kier molecular flexibility index (Phi) is 8.87. The largest absolute Gasteiger partial charge is 0.456 e. The van der Waals surface area contributed by atoms with Gasteiger partial charge in [-0.1, -0.05) is 188 Å². The molecule has 2 nitrogen and oxygen atoms in total. The van der Waals surface area contributed by atoms with Gasteiger partial charge in [-0.2, -0.15) is 0 Å². The number of hydrogen-bond donors (Lipinski definition) is 0. The standard InChI is InChI=1S/C58H39NO/c1-3-15-40(16-4-1)50-22-9-10-24-54(50)58-51(42-17-5-2-6-18-42)26-14-27-52(58)44-31-35-46(36-32-44)59(47-37-38-57-55(39-47)53-23-11-12-28-56(53)60-57)45-33-29-43(30-34-45)49-25-13-20-41-19-7-8-21-48(41)49/h1-39H. The number of para-hydroxylation sites is 1. The maximum absolute atomic E-state index is 6.27. The fourth-order valence-electron chi connectivity index (χ4n) is 8.87. The van der Waals surface area contributed by atoms with Gasteiger partial charge in [-0.05, 0) is 115 Å². The van der Waals surface area contributed by atoms with Gasteiger partial charge in [0, 0.05) is 27.8 Å². The number of fused-ring (bicyclic) bond motifs is 4. The maximum atomic E-state index is 6.27. The molecule has 60 heavy (non-hydrogen) atoms. The molecule has 0 unspecified atom stereocenters. The van der Waals surface area contributed by atoms with Crippen molar-refractivity contribution in [3.05, 3.63) is 237 Å². The van der Waals surface area contributed by atoms with Gasteiger partial charge in [0.2, 0.25) is 0 Å². The predicted molar refractivity (Wildman–Crippen MR) is 253 cm³/mol. The average Bonchev–Trinajstić information content (AvgIpc) is 3.70. The van der Waals surface area contributed by atoms with Gasteiger partial charge < -0.3 is 9.32 Å². The van der Waals surface area contributed by atoms with Crippen LogP contribution < -0.4 is 4.90 Å². The fourth-order valence-corrected chi connectivity index (χ4v) is 8.87. The molecule has 0 bridgehead atoms. The van der Waals surface area contributed by atoms with Crippen molar-refractivity contribution in [3.63, 3.8) is 0 Å². The van der Waals surface area contributed by atoms with Gasteiger partial charge in [0.15, 0.2) is 0 Å². The van der Waals surface area contributed by atoms with Gasteiger partial charge in [-0.3, -0.25) is 0 Å². The first-order valence-electron chi connectivity index (χ1n) is 20.5. The highest BCUT2D eigenvalue weighted by Gasteiger charge is 2.20. The van der Waals surface area contributed by atoms with E-state index in [2.05, 4.69) is 229 Å². The van der Waals surface area contributed by atoms with Gasteiger partial charge in [-0.25, -0.2) is 0 Å². The van der Waals surface area contributed by atoms with Crippen molar-refractivity contribution in [1.82, 2.24) is 0 Å². The third kappa shape index (κ3) is 6.32. The Morgan fingerprint density at radius 1 is 0.267 bits per heavy atom. The molecule has 0 saturated carbocycles. The summed E-state index contributed by atoms with van der Waals surface area (Å²) in [4.78, 5) is 2.35. The lowest BCUT2D eigenvalue weighted by Gasteiger charge is -2.26. The Hall–Kier alpha value is -7.94. The van der Waals surface area contributed by atoms with E-state index in [0.717, 1.165) is 44.6 Å². The molecule has 11 aromatic rings. The van der Waals surface area contributed by atoms with Crippen molar-refractivity contribution < 1.29 is 4.42 Å². The second-order valence-corrected chi connectivity index (χ2v) is 15.2. The third-order valence-electron chi connectivity index (χ3n) is 11.7. The molecule has 0 amide bonds. The van der Waals surface area contributed by atoms with Gasteiger partial charge in [0.1, 0.15) is 11.2 Å². The first kappa shape index (κ1) is 35.2. The molecule has 0 spiro atoms. The van der Waals surface area contributed by atoms with Crippen molar-refractivity contribution in [3.8, 4) is 55.6 Å². The molecule has 0 aliphatic heterocycles. The first-order chi connectivity index (χ1) is 29.8. The van der Waals surface area contributed by atoms with E-state index >= 15 is 0 Å². The van der Waals surface area contributed by atoms with Crippen LogP contribution in [0.25, 0.3) is 88.3 Å². The molecule has 11 rings (SSSR count). The van der Waals surface area contributed by atoms with Crippen LogP contribution in [0.5, 0.6) is 0 Å². The highest BCUT2D eigenvalue weighted by Crippen LogP contribution is 2.45. The van der Waals surface area contributed by atoms with E-state index in [9.17, 15) is 0 Å². The molecule has 0 atom stereocenters. The van der Waals surface area contributed by atoms with Crippen molar-refractivity contribution in [1.29, 1.82) is 0 Å². The van der Waals surface area contributed by atoms with E-state index in [0.29, 0.717) is 0 Å². The second kappa shape index (κ2) is 15.1. The number of furan rings is 1. The van der Waals surface area contributed by atoms with Crippen LogP contribution in [0.2, 0.25) is 0 Å². The zero-order chi connectivity index (χ0) is 39.8. The third-order valence-corrected chi connectivity index (χ3v) is 11.7. The number of anilines is 3. The van der Waals surface area contributed by atoms with E-state index in [4.69, 9.17) is 4.42 Å². The van der Waals surface area contributed by atoms with E-state index in [1.54, 1.807) is 0 Å². The maximum Gasteiger partial charge on any atom is 0.135 e. The van der Waals surface area contributed by atoms with E-state index < -0.39 is 0 Å². The van der Waals surface area contributed by atoms with E-state index in [-0.39, 0.29) is 0 Å². The molecule has 2 heteroatoms. The molecular formula is C58H39NO. The average molecular weight is 766 g/mol. The Balaban J connectivity index is 1.06. The van der Waals surface area contributed by atoms with Gasteiger partial charge >= 0.3 is 0 Å². The summed E-state index contributed by atoms with van der Waals surface area (Å²) in [6.45, 7) is 0. The van der Waals surface area contributed by atoms with Crippen LogP contribution in [-0.4, -0.2) is 0 Å². The minimum absolute atomic E-state index is 0.878. The lowest BCUT2D eigenvalue weighted by atomic mass is 9.84. The summed E-state index contributed by atoms with van der Waals surface area (Å²) >= 11 is 0. The normalized spacial score (nSPS) is 11.3. The minimum Gasteiger partial charge on any atom is -0.456 e.